The second kappa shape index (κ2) is 5.78. The zero-order chi connectivity index (χ0) is 14.9. The van der Waals surface area contributed by atoms with Crippen LogP contribution in [0.15, 0.2) is 30.6 Å². The van der Waals surface area contributed by atoms with Gasteiger partial charge in [0.2, 0.25) is 0 Å². The summed E-state index contributed by atoms with van der Waals surface area (Å²) >= 11 is 0. The average Bonchev–Trinajstić information content (AvgIpc) is 2.85. The second-order valence-corrected chi connectivity index (χ2v) is 6.76. The van der Waals surface area contributed by atoms with Gasteiger partial charge in [0.05, 0.1) is 5.69 Å². The fraction of sp³-hybridized carbons (Fsp3) is 0.588. The zero-order valence-corrected chi connectivity index (χ0v) is 13.3. The maximum absolute atomic E-state index is 4.74. The van der Waals surface area contributed by atoms with Crippen LogP contribution in [0.3, 0.4) is 0 Å². The molecule has 1 aliphatic rings. The van der Waals surface area contributed by atoms with Crippen LogP contribution in [0, 0.1) is 0 Å². The Labute approximate surface area is 127 Å². The van der Waals surface area contributed by atoms with E-state index in [9.17, 15) is 0 Å². The van der Waals surface area contributed by atoms with Gasteiger partial charge in [0.25, 0.3) is 0 Å². The van der Waals surface area contributed by atoms with E-state index in [0.29, 0.717) is 6.04 Å². The van der Waals surface area contributed by atoms with Crippen molar-refractivity contribution in [2.45, 2.75) is 51.7 Å². The number of hydrogen-bond donors (Lipinski definition) is 1. The maximum atomic E-state index is 4.74. The van der Waals surface area contributed by atoms with Crippen LogP contribution in [-0.2, 0) is 6.54 Å². The first-order valence-electron chi connectivity index (χ1n) is 7.99. The van der Waals surface area contributed by atoms with Crippen molar-refractivity contribution in [1.82, 2.24) is 19.6 Å². The predicted molar refractivity (Wildman–Crippen MR) is 86.4 cm³/mol. The zero-order valence-electron chi connectivity index (χ0n) is 13.3. The number of pyridine rings is 1. The van der Waals surface area contributed by atoms with Gasteiger partial charge in [0, 0.05) is 43.6 Å². The van der Waals surface area contributed by atoms with E-state index < -0.39 is 0 Å². The largest absolute Gasteiger partial charge is 0.311 e. The molecular weight excluding hydrogens is 260 g/mol. The van der Waals surface area contributed by atoms with Gasteiger partial charge in [-0.3, -0.25) is 4.90 Å². The number of fused-ring (bicyclic) bond motifs is 1. The molecule has 4 nitrogen and oxygen atoms in total. The molecule has 1 N–H and O–H groups in total. The van der Waals surface area contributed by atoms with Gasteiger partial charge in [-0.15, -0.1) is 0 Å². The Morgan fingerprint density at radius 1 is 1.38 bits per heavy atom. The second-order valence-electron chi connectivity index (χ2n) is 6.76. The molecule has 0 aromatic carbocycles. The molecule has 0 spiro atoms. The predicted octanol–water partition coefficient (Wildman–Crippen LogP) is 2.69. The molecule has 1 aliphatic heterocycles. The summed E-state index contributed by atoms with van der Waals surface area (Å²) in [5, 5.41) is 3.69. The Hall–Kier alpha value is -1.39. The first-order chi connectivity index (χ1) is 10.1. The van der Waals surface area contributed by atoms with E-state index >= 15 is 0 Å². The minimum absolute atomic E-state index is 0.181. The van der Waals surface area contributed by atoms with Crippen molar-refractivity contribution in [2.24, 2.45) is 0 Å². The van der Waals surface area contributed by atoms with E-state index in [1.165, 1.54) is 12.8 Å². The minimum atomic E-state index is 0.181. The van der Waals surface area contributed by atoms with E-state index in [1.807, 2.05) is 12.1 Å². The lowest BCUT2D eigenvalue weighted by Gasteiger charge is -2.46. The van der Waals surface area contributed by atoms with Gasteiger partial charge in [0.15, 0.2) is 0 Å². The van der Waals surface area contributed by atoms with Gasteiger partial charge in [-0.05, 0) is 32.4 Å². The fourth-order valence-corrected chi connectivity index (χ4v) is 3.16. The molecule has 3 heterocycles. The van der Waals surface area contributed by atoms with Crippen molar-refractivity contribution in [3.63, 3.8) is 0 Å². The average molecular weight is 286 g/mol. The Balaban J connectivity index is 1.77. The molecule has 1 saturated heterocycles. The van der Waals surface area contributed by atoms with Crippen molar-refractivity contribution in [2.75, 3.05) is 13.1 Å². The van der Waals surface area contributed by atoms with Crippen LogP contribution in [0.2, 0.25) is 0 Å². The van der Waals surface area contributed by atoms with Crippen LogP contribution in [0.5, 0.6) is 0 Å². The van der Waals surface area contributed by atoms with Crippen molar-refractivity contribution < 1.29 is 0 Å². The lowest BCUT2D eigenvalue weighted by molar-refractivity contribution is 0.0554. The highest BCUT2D eigenvalue weighted by atomic mass is 15.3. The summed E-state index contributed by atoms with van der Waals surface area (Å²) in [4.78, 5) is 7.32. The highest BCUT2D eigenvalue weighted by molar-refractivity contribution is 5.39. The summed E-state index contributed by atoms with van der Waals surface area (Å²) < 4.78 is 2.11. The number of rotatable bonds is 4. The Morgan fingerprint density at radius 2 is 2.24 bits per heavy atom. The standard InChI is InChI=1S/C17H26N4/c1-4-7-14-11-21(17(2,3)13-18-14)12-15-10-20-9-6-5-8-16(20)19-15/h5-6,8-10,14,18H,4,7,11-13H2,1-3H3. The van der Waals surface area contributed by atoms with Crippen molar-refractivity contribution in [3.05, 3.63) is 36.3 Å². The van der Waals surface area contributed by atoms with Crippen LogP contribution < -0.4 is 5.32 Å². The van der Waals surface area contributed by atoms with Crippen LogP contribution in [0.4, 0.5) is 0 Å². The summed E-state index contributed by atoms with van der Waals surface area (Å²) in [6.45, 7) is 9.97. The highest BCUT2D eigenvalue weighted by Crippen LogP contribution is 2.22. The first-order valence-corrected chi connectivity index (χ1v) is 7.99. The van der Waals surface area contributed by atoms with E-state index in [-0.39, 0.29) is 5.54 Å². The Bertz CT molecular complexity index is 569. The van der Waals surface area contributed by atoms with Gasteiger partial charge in [-0.2, -0.15) is 0 Å². The summed E-state index contributed by atoms with van der Waals surface area (Å²) in [5.41, 5.74) is 2.37. The van der Waals surface area contributed by atoms with E-state index in [0.717, 1.165) is 31.0 Å². The van der Waals surface area contributed by atoms with E-state index in [2.05, 4.69) is 53.8 Å². The molecule has 3 rings (SSSR count). The van der Waals surface area contributed by atoms with Gasteiger partial charge >= 0.3 is 0 Å². The quantitative estimate of drug-likeness (QED) is 0.938. The monoisotopic (exact) mass is 286 g/mol. The third kappa shape index (κ3) is 3.11. The van der Waals surface area contributed by atoms with Crippen LogP contribution >= 0.6 is 0 Å². The molecule has 2 aromatic rings. The molecule has 4 heteroatoms. The number of piperazine rings is 1. The van der Waals surface area contributed by atoms with Crippen molar-refractivity contribution >= 4 is 5.65 Å². The normalized spacial score (nSPS) is 22.7. The molecule has 1 fully saturated rings. The first kappa shape index (κ1) is 14.5. The molecular formula is C17H26N4. The lowest BCUT2D eigenvalue weighted by atomic mass is 9.95. The Kier molecular flexibility index (Phi) is 4.00. The van der Waals surface area contributed by atoms with E-state index in [1.54, 1.807) is 0 Å². The lowest BCUT2D eigenvalue weighted by Crippen LogP contribution is -2.61. The fourth-order valence-electron chi connectivity index (χ4n) is 3.16. The van der Waals surface area contributed by atoms with Crippen LogP contribution in [-0.4, -0.2) is 39.0 Å². The molecule has 0 saturated carbocycles. The van der Waals surface area contributed by atoms with Gasteiger partial charge in [0.1, 0.15) is 5.65 Å². The third-order valence-corrected chi connectivity index (χ3v) is 4.52. The van der Waals surface area contributed by atoms with E-state index in [4.69, 9.17) is 4.98 Å². The van der Waals surface area contributed by atoms with Crippen molar-refractivity contribution in [1.29, 1.82) is 0 Å². The summed E-state index contributed by atoms with van der Waals surface area (Å²) in [5.74, 6) is 0. The molecule has 0 amide bonds. The number of aromatic nitrogens is 2. The number of imidazole rings is 1. The molecule has 0 bridgehead atoms. The van der Waals surface area contributed by atoms with Gasteiger partial charge < -0.3 is 9.72 Å². The summed E-state index contributed by atoms with van der Waals surface area (Å²) in [6, 6.07) is 6.76. The smallest absolute Gasteiger partial charge is 0.137 e. The molecule has 114 valence electrons. The highest BCUT2D eigenvalue weighted by Gasteiger charge is 2.33. The number of nitrogens with zero attached hydrogens (tertiary/aromatic N) is 3. The number of hydrogen-bond acceptors (Lipinski definition) is 3. The maximum Gasteiger partial charge on any atom is 0.137 e. The van der Waals surface area contributed by atoms with Gasteiger partial charge in [-0.1, -0.05) is 19.4 Å². The molecule has 0 aliphatic carbocycles. The minimum Gasteiger partial charge on any atom is -0.311 e. The summed E-state index contributed by atoms with van der Waals surface area (Å²) in [7, 11) is 0. The molecule has 0 radical (unpaired) electrons. The van der Waals surface area contributed by atoms with Crippen molar-refractivity contribution in [3.8, 4) is 0 Å². The molecule has 2 aromatic heterocycles. The Morgan fingerprint density at radius 3 is 3.00 bits per heavy atom. The molecule has 1 atom stereocenters. The number of nitrogens with one attached hydrogen (secondary N) is 1. The topological polar surface area (TPSA) is 32.6 Å². The van der Waals surface area contributed by atoms with Crippen LogP contribution in [0.25, 0.3) is 5.65 Å². The van der Waals surface area contributed by atoms with Gasteiger partial charge in [-0.25, -0.2) is 4.98 Å². The SMILES string of the molecule is CCCC1CN(Cc2cn3ccccc3n2)C(C)(C)CN1. The molecule has 1 unspecified atom stereocenters. The summed E-state index contributed by atoms with van der Waals surface area (Å²) in [6.07, 6.45) is 6.70. The third-order valence-electron chi connectivity index (χ3n) is 4.52. The molecule has 21 heavy (non-hydrogen) atoms. The van der Waals surface area contributed by atoms with Crippen LogP contribution in [0.1, 0.15) is 39.3 Å².